The molecule has 0 bridgehead atoms. The summed E-state index contributed by atoms with van der Waals surface area (Å²) in [6.45, 7) is 4.72. The number of amides is 2. The molecule has 0 radical (unpaired) electrons. The molecule has 2 N–H and O–H groups in total. The maximum atomic E-state index is 12.5. The zero-order valence-electron chi connectivity index (χ0n) is 13.9. The second-order valence-electron chi connectivity index (χ2n) is 6.47. The van der Waals surface area contributed by atoms with Crippen LogP contribution in [0.2, 0.25) is 0 Å². The van der Waals surface area contributed by atoms with Crippen LogP contribution in [0.5, 0.6) is 0 Å². The summed E-state index contributed by atoms with van der Waals surface area (Å²) in [6.07, 6.45) is 1.19. The van der Waals surface area contributed by atoms with Gasteiger partial charge in [-0.25, -0.2) is 0 Å². The van der Waals surface area contributed by atoms with Gasteiger partial charge in [-0.1, -0.05) is 44.2 Å². The van der Waals surface area contributed by atoms with Crippen molar-refractivity contribution in [2.45, 2.75) is 45.3 Å². The maximum absolute atomic E-state index is 12.5. The van der Waals surface area contributed by atoms with E-state index in [9.17, 15) is 14.7 Å². The second-order valence-corrected chi connectivity index (χ2v) is 6.47. The fourth-order valence-electron chi connectivity index (χ4n) is 3.05. The van der Waals surface area contributed by atoms with Gasteiger partial charge in [0, 0.05) is 25.9 Å². The molecule has 0 saturated carbocycles. The molecular formula is C18H26N2O3. The maximum Gasteiger partial charge on any atom is 0.243 e. The van der Waals surface area contributed by atoms with Gasteiger partial charge < -0.3 is 15.3 Å². The van der Waals surface area contributed by atoms with Crippen molar-refractivity contribution >= 4 is 11.8 Å². The highest BCUT2D eigenvalue weighted by Crippen LogP contribution is 2.19. The molecule has 1 heterocycles. The molecule has 5 nitrogen and oxygen atoms in total. The minimum absolute atomic E-state index is 0.0447. The van der Waals surface area contributed by atoms with Gasteiger partial charge in [-0.2, -0.15) is 0 Å². The Morgan fingerprint density at radius 1 is 1.30 bits per heavy atom. The summed E-state index contributed by atoms with van der Waals surface area (Å²) in [5, 5.41) is 12.9. The number of rotatable bonds is 7. The Morgan fingerprint density at radius 2 is 2.00 bits per heavy atom. The molecule has 2 atom stereocenters. The van der Waals surface area contributed by atoms with E-state index in [0.29, 0.717) is 19.4 Å². The van der Waals surface area contributed by atoms with E-state index in [0.717, 1.165) is 12.0 Å². The van der Waals surface area contributed by atoms with Crippen molar-refractivity contribution in [3.8, 4) is 0 Å². The first-order chi connectivity index (χ1) is 11.0. The first-order valence-corrected chi connectivity index (χ1v) is 8.28. The molecule has 2 rings (SSSR count). The molecule has 0 aromatic heterocycles. The van der Waals surface area contributed by atoms with Gasteiger partial charge in [0.1, 0.15) is 6.04 Å². The number of carbonyl (C=O) groups excluding carboxylic acids is 2. The highest BCUT2D eigenvalue weighted by Gasteiger charge is 2.34. The van der Waals surface area contributed by atoms with Crippen molar-refractivity contribution < 1.29 is 14.7 Å². The molecule has 126 valence electrons. The molecule has 0 aliphatic carbocycles. The third-order valence-corrected chi connectivity index (χ3v) is 4.17. The minimum atomic E-state index is -0.636. The van der Waals surface area contributed by atoms with Gasteiger partial charge in [0.15, 0.2) is 0 Å². The predicted octanol–water partition coefficient (Wildman–Crippen LogP) is 1.35. The van der Waals surface area contributed by atoms with Crippen LogP contribution < -0.4 is 5.32 Å². The van der Waals surface area contributed by atoms with Crippen molar-refractivity contribution in [1.29, 1.82) is 0 Å². The zero-order chi connectivity index (χ0) is 16.8. The summed E-state index contributed by atoms with van der Waals surface area (Å²) in [5.41, 5.74) is 1.03. The summed E-state index contributed by atoms with van der Waals surface area (Å²) >= 11 is 0. The fourth-order valence-corrected chi connectivity index (χ4v) is 3.05. The molecule has 1 fully saturated rings. The van der Waals surface area contributed by atoms with Crippen LogP contribution in [-0.2, 0) is 16.0 Å². The Bertz CT molecular complexity index is 530. The molecular weight excluding hydrogens is 292 g/mol. The van der Waals surface area contributed by atoms with Crippen LogP contribution in [0.15, 0.2) is 30.3 Å². The third-order valence-electron chi connectivity index (χ3n) is 4.17. The first kappa shape index (κ1) is 17.5. The smallest absolute Gasteiger partial charge is 0.243 e. The van der Waals surface area contributed by atoms with Crippen LogP contribution in [-0.4, -0.2) is 47.1 Å². The van der Waals surface area contributed by atoms with Gasteiger partial charge in [-0.05, 0) is 17.9 Å². The third kappa shape index (κ3) is 4.79. The van der Waals surface area contributed by atoms with Crippen molar-refractivity contribution in [3.63, 3.8) is 0 Å². The monoisotopic (exact) mass is 318 g/mol. The van der Waals surface area contributed by atoms with Gasteiger partial charge in [-0.15, -0.1) is 0 Å². The largest absolute Gasteiger partial charge is 0.391 e. The summed E-state index contributed by atoms with van der Waals surface area (Å²) in [4.78, 5) is 26.0. The lowest BCUT2D eigenvalue weighted by atomic mass is 10.0. The summed E-state index contributed by atoms with van der Waals surface area (Å²) < 4.78 is 0. The van der Waals surface area contributed by atoms with Crippen molar-refractivity contribution in [1.82, 2.24) is 10.2 Å². The highest BCUT2D eigenvalue weighted by molar-refractivity contribution is 5.88. The lowest BCUT2D eigenvalue weighted by molar-refractivity contribution is -0.139. The number of hydrogen-bond donors (Lipinski definition) is 2. The van der Waals surface area contributed by atoms with Gasteiger partial charge in [0.05, 0.1) is 6.10 Å². The quantitative estimate of drug-likeness (QED) is 0.797. The van der Waals surface area contributed by atoms with Crippen molar-refractivity contribution in [2.24, 2.45) is 5.92 Å². The Kier molecular flexibility index (Phi) is 6.16. The molecule has 0 spiro atoms. The molecule has 1 saturated heterocycles. The van der Waals surface area contributed by atoms with Gasteiger partial charge >= 0.3 is 0 Å². The van der Waals surface area contributed by atoms with Crippen LogP contribution in [0.1, 0.15) is 32.3 Å². The molecule has 5 heteroatoms. The average molecular weight is 318 g/mol. The van der Waals surface area contributed by atoms with E-state index in [1.807, 2.05) is 44.2 Å². The Balaban J connectivity index is 1.87. The van der Waals surface area contributed by atoms with Crippen LogP contribution >= 0.6 is 0 Å². The number of hydrogen-bond acceptors (Lipinski definition) is 3. The minimum Gasteiger partial charge on any atom is -0.391 e. The SMILES string of the molecule is CC(C)[C@H](C(=O)NC[C@@H](O)Cc1ccccc1)N1CCCC1=O. The van der Waals surface area contributed by atoms with Crippen LogP contribution in [0.4, 0.5) is 0 Å². The molecule has 23 heavy (non-hydrogen) atoms. The number of likely N-dealkylation sites (tertiary alicyclic amines) is 1. The Morgan fingerprint density at radius 3 is 2.57 bits per heavy atom. The van der Waals surface area contributed by atoms with E-state index in [4.69, 9.17) is 0 Å². The van der Waals surface area contributed by atoms with E-state index in [-0.39, 0.29) is 24.3 Å². The van der Waals surface area contributed by atoms with Crippen molar-refractivity contribution in [3.05, 3.63) is 35.9 Å². The fraction of sp³-hybridized carbons (Fsp3) is 0.556. The van der Waals surface area contributed by atoms with Gasteiger partial charge in [0.2, 0.25) is 11.8 Å². The zero-order valence-corrected chi connectivity index (χ0v) is 13.9. The van der Waals surface area contributed by atoms with Gasteiger partial charge in [-0.3, -0.25) is 9.59 Å². The number of carbonyl (C=O) groups is 2. The molecule has 1 aromatic carbocycles. The Hall–Kier alpha value is -1.88. The number of aliphatic hydroxyl groups excluding tert-OH is 1. The predicted molar refractivity (Wildman–Crippen MR) is 88.7 cm³/mol. The molecule has 1 aromatic rings. The number of benzene rings is 1. The lowest BCUT2D eigenvalue weighted by Crippen LogP contribution is -2.51. The second kappa shape index (κ2) is 8.11. The Labute approximate surface area is 137 Å². The average Bonchev–Trinajstić information content (AvgIpc) is 2.92. The summed E-state index contributed by atoms with van der Waals surface area (Å²) in [7, 11) is 0. The van der Waals surface area contributed by atoms with E-state index >= 15 is 0 Å². The molecule has 2 amide bonds. The lowest BCUT2D eigenvalue weighted by Gasteiger charge is -2.30. The van der Waals surface area contributed by atoms with E-state index in [1.54, 1.807) is 4.90 Å². The standard InChI is InChI=1S/C18H26N2O3/c1-13(2)17(20-10-6-9-16(20)22)18(23)19-12-15(21)11-14-7-4-3-5-8-14/h3-5,7-8,13,15,17,21H,6,9-12H2,1-2H3,(H,19,23)/t15-,17+/m0/s1. The first-order valence-electron chi connectivity index (χ1n) is 8.28. The topological polar surface area (TPSA) is 69.6 Å². The normalized spacial score (nSPS) is 17.4. The summed E-state index contributed by atoms with van der Waals surface area (Å²) in [5.74, 6) is -0.0886. The molecule has 0 unspecified atom stereocenters. The summed E-state index contributed by atoms with van der Waals surface area (Å²) in [6, 6.07) is 9.23. The van der Waals surface area contributed by atoms with Crippen LogP contribution in [0.25, 0.3) is 0 Å². The number of aliphatic hydroxyl groups is 1. The van der Waals surface area contributed by atoms with E-state index in [2.05, 4.69) is 5.32 Å². The van der Waals surface area contributed by atoms with E-state index in [1.165, 1.54) is 0 Å². The van der Waals surface area contributed by atoms with Gasteiger partial charge in [0.25, 0.3) is 0 Å². The molecule has 1 aliphatic rings. The molecule has 1 aliphatic heterocycles. The van der Waals surface area contributed by atoms with Crippen molar-refractivity contribution in [2.75, 3.05) is 13.1 Å². The number of nitrogens with zero attached hydrogens (tertiary/aromatic N) is 1. The van der Waals surface area contributed by atoms with Crippen LogP contribution in [0, 0.1) is 5.92 Å². The highest BCUT2D eigenvalue weighted by atomic mass is 16.3. The van der Waals surface area contributed by atoms with E-state index < -0.39 is 12.1 Å². The number of nitrogens with one attached hydrogen (secondary N) is 1. The van der Waals surface area contributed by atoms with Crippen LogP contribution in [0.3, 0.4) is 0 Å².